The van der Waals surface area contributed by atoms with Crippen LogP contribution in [0.15, 0.2) is 22.9 Å². The monoisotopic (exact) mass is 278 g/mol. The Kier molecular flexibility index (Phi) is 2.32. The Bertz CT molecular complexity index is 557. The molecule has 0 spiro atoms. The molecule has 2 heterocycles. The standard InChI is InChI=1S/C12H11BrN2O/c13-11-10-7-8(4-6-16)3-5-15(10)12(14-11)9-1-2-9/h3,5-7,9H,1-2,4H2. The van der Waals surface area contributed by atoms with Crippen LogP contribution in [-0.2, 0) is 11.2 Å². The minimum Gasteiger partial charge on any atom is -0.303 e. The predicted molar refractivity (Wildman–Crippen MR) is 64.6 cm³/mol. The van der Waals surface area contributed by atoms with E-state index in [1.165, 1.54) is 12.8 Å². The number of nitrogens with zero attached hydrogens (tertiary/aromatic N) is 2. The van der Waals surface area contributed by atoms with Crippen molar-refractivity contribution in [3.63, 3.8) is 0 Å². The van der Waals surface area contributed by atoms with Crippen LogP contribution in [0.2, 0.25) is 0 Å². The molecule has 16 heavy (non-hydrogen) atoms. The molecule has 0 aromatic carbocycles. The van der Waals surface area contributed by atoms with Crippen molar-refractivity contribution in [1.29, 1.82) is 0 Å². The van der Waals surface area contributed by atoms with Crippen molar-refractivity contribution in [3.8, 4) is 0 Å². The maximum atomic E-state index is 10.5. The van der Waals surface area contributed by atoms with Crippen molar-refractivity contribution in [1.82, 2.24) is 9.38 Å². The molecule has 0 atom stereocenters. The van der Waals surface area contributed by atoms with Gasteiger partial charge in [0, 0.05) is 18.5 Å². The van der Waals surface area contributed by atoms with Gasteiger partial charge in [-0.05, 0) is 46.5 Å². The summed E-state index contributed by atoms with van der Waals surface area (Å²) < 4.78 is 3.00. The van der Waals surface area contributed by atoms with Crippen LogP contribution in [0.25, 0.3) is 5.52 Å². The third-order valence-corrected chi connectivity index (χ3v) is 3.54. The van der Waals surface area contributed by atoms with Crippen molar-refractivity contribution in [2.75, 3.05) is 0 Å². The molecular formula is C12H11BrN2O. The number of carbonyl (C=O) groups is 1. The number of aromatic nitrogens is 2. The first kappa shape index (κ1) is 10.0. The summed E-state index contributed by atoms with van der Waals surface area (Å²) in [6, 6.07) is 4.01. The van der Waals surface area contributed by atoms with Gasteiger partial charge in [0.15, 0.2) is 0 Å². The SMILES string of the molecule is O=CCc1ccn2c(C3CC3)nc(Br)c2c1. The van der Waals surface area contributed by atoms with Crippen molar-refractivity contribution in [2.45, 2.75) is 25.2 Å². The molecule has 0 saturated heterocycles. The van der Waals surface area contributed by atoms with Crippen LogP contribution in [0, 0.1) is 0 Å². The second-order valence-corrected chi connectivity index (χ2v) is 4.95. The molecule has 3 rings (SSSR count). The number of aldehydes is 1. The fourth-order valence-electron chi connectivity index (χ4n) is 1.97. The van der Waals surface area contributed by atoms with E-state index in [0.29, 0.717) is 12.3 Å². The van der Waals surface area contributed by atoms with Crippen molar-refractivity contribution < 1.29 is 4.79 Å². The highest BCUT2D eigenvalue weighted by Gasteiger charge is 2.28. The molecular weight excluding hydrogens is 268 g/mol. The van der Waals surface area contributed by atoms with E-state index in [1.54, 1.807) is 0 Å². The molecule has 1 aliphatic carbocycles. The zero-order valence-corrected chi connectivity index (χ0v) is 10.3. The zero-order valence-electron chi connectivity index (χ0n) is 8.69. The highest BCUT2D eigenvalue weighted by atomic mass is 79.9. The summed E-state index contributed by atoms with van der Waals surface area (Å²) in [7, 11) is 0. The topological polar surface area (TPSA) is 34.4 Å². The van der Waals surface area contributed by atoms with Gasteiger partial charge in [0.05, 0.1) is 5.52 Å². The average Bonchev–Trinajstić information content (AvgIpc) is 3.06. The van der Waals surface area contributed by atoms with E-state index >= 15 is 0 Å². The second-order valence-electron chi connectivity index (χ2n) is 4.20. The fourth-order valence-corrected chi connectivity index (χ4v) is 2.45. The minimum atomic E-state index is 0.465. The molecule has 3 nitrogen and oxygen atoms in total. The summed E-state index contributed by atoms with van der Waals surface area (Å²) in [5.74, 6) is 1.76. The molecule has 2 aromatic heterocycles. The van der Waals surface area contributed by atoms with Crippen molar-refractivity contribution in [2.24, 2.45) is 0 Å². The van der Waals surface area contributed by atoms with Gasteiger partial charge in [-0.25, -0.2) is 4.98 Å². The van der Waals surface area contributed by atoms with Crippen molar-refractivity contribution >= 4 is 27.7 Å². The van der Waals surface area contributed by atoms with Crippen LogP contribution in [-0.4, -0.2) is 15.7 Å². The fraction of sp³-hybridized carbons (Fsp3) is 0.333. The smallest absolute Gasteiger partial charge is 0.132 e. The Labute approximate surface area is 102 Å². The molecule has 82 valence electrons. The number of hydrogen-bond donors (Lipinski definition) is 0. The Balaban J connectivity index is 2.16. The van der Waals surface area contributed by atoms with E-state index < -0.39 is 0 Å². The van der Waals surface area contributed by atoms with E-state index in [2.05, 4.69) is 25.3 Å². The van der Waals surface area contributed by atoms with Crippen LogP contribution in [0.3, 0.4) is 0 Å². The second kappa shape index (κ2) is 3.70. The molecule has 4 heteroatoms. The molecule has 1 saturated carbocycles. The average molecular weight is 279 g/mol. The van der Waals surface area contributed by atoms with Gasteiger partial charge >= 0.3 is 0 Å². The van der Waals surface area contributed by atoms with Crippen LogP contribution < -0.4 is 0 Å². The maximum absolute atomic E-state index is 10.5. The van der Waals surface area contributed by atoms with E-state index in [9.17, 15) is 4.79 Å². The van der Waals surface area contributed by atoms with Gasteiger partial charge < -0.3 is 9.20 Å². The highest BCUT2D eigenvalue weighted by Crippen LogP contribution is 2.40. The zero-order chi connectivity index (χ0) is 11.1. The summed E-state index contributed by atoms with van der Waals surface area (Å²) in [5.41, 5.74) is 2.09. The van der Waals surface area contributed by atoms with E-state index in [-0.39, 0.29) is 0 Å². The number of imidazole rings is 1. The molecule has 2 aromatic rings. The molecule has 0 amide bonds. The Hall–Kier alpha value is -1.16. The van der Waals surface area contributed by atoms with Gasteiger partial charge in [-0.1, -0.05) is 0 Å². The molecule has 0 N–H and O–H groups in total. The summed E-state index contributed by atoms with van der Waals surface area (Å²) in [4.78, 5) is 15.0. The quantitative estimate of drug-likeness (QED) is 0.809. The summed E-state index contributed by atoms with van der Waals surface area (Å²) in [5, 5.41) is 0. The molecule has 1 fully saturated rings. The summed E-state index contributed by atoms with van der Waals surface area (Å²) in [6.07, 6.45) is 5.88. The number of fused-ring (bicyclic) bond motifs is 1. The molecule has 0 radical (unpaired) electrons. The molecule has 0 bridgehead atoms. The minimum absolute atomic E-state index is 0.465. The lowest BCUT2D eigenvalue weighted by Crippen LogP contribution is -1.93. The Morgan fingerprint density at radius 3 is 3.06 bits per heavy atom. The van der Waals surface area contributed by atoms with Gasteiger partial charge in [0.1, 0.15) is 16.7 Å². The highest BCUT2D eigenvalue weighted by molar-refractivity contribution is 9.10. The predicted octanol–water partition coefficient (Wildman–Crippen LogP) is 2.72. The first-order valence-electron chi connectivity index (χ1n) is 5.39. The summed E-state index contributed by atoms with van der Waals surface area (Å²) >= 11 is 3.48. The lowest BCUT2D eigenvalue weighted by molar-refractivity contribution is -0.107. The first-order chi connectivity index (χ1) is 7.79. The van der Waals surface area contributed by atoms with Gasteiger partial charge in [-0.15, -0.1) is 0 Å². The van der Waals surface area contributed by atoms with Gasteiger partial charge in [0.25, 0.3) is 0 Å². The number of carbonyl (C=O) groups excluding carboxylic acids is 1. The molecule has 1 aliphatic rings. The van der Waals surface area contributed by atoms with Crippen LogP contribution in [0.1, 0.15) is 30.1 Å². The Morgan fingerprint density at radius 1 is 1.56 bits per heavy atom. The van der Waals surface area contributed by atoms with Crippen LogP contribution in [0.4, 0.5) is 0 Å². The lowest BCUT2D eigenvalue weighted by Gasteiger charge is -2.00. The lowest BCUT2D eigenvalue weighted by atomic mass is 10.2. The van der Waals surface area contributed by atoms with E-state index in [0.717, 1.165) is 27.8 Å². The number of hydrogen-bond acceptors (Lipinski definition) is 2. The third-order valence-electron chi connectivity index (χ3n) is 2.95. The number of halogens is 1. The largest absolute Gasteiger partial charge is 0.303 e. The van der Waals surface area contributed by atoms with Gasteiger partial charge in [-0.3, -0.25) is 0 Å². The molecule has 0 unspecified atom stereocenters. The van der Waals surface area contributed by atoms with E-state index in [4.69, 9.17) is 0 Å². The van der Waals surface area contributed by atoms with E-state index in [1.807, 2.05) is 18.3 Å². The molecule has 0 aliphatic heterocycles. The first-order valence-corrected chi connectivity index (χ1v) is 6.19. The van der Waals surface area contributed by atoms with Gasteiger partial charge in [-0.2, -0.15) is 0 Å². The van der Waals surface area contributed by atoms with Crippen LogP contribution >= 0.6 is 15.9 Å². The maximum Gasteiger partial charge on any atom is 0.132 e. The Morgan fingerprint density at radius 2 is 2.38 bits per heavy atom. The van der Waals surface area contributed by atoms with Gasteiger partial charge in [0.2, 0.25) is 0 Å². The number of pyridine rings is 1. The third kappa shape index (κ3) is 1.57. The van der Waals surface area contributed by atoms with Crippen LogP contribution in [0.5, 0.6) is 0 Å². The number of rotatable bonds is 3. The van der Waals surface area contributed by atoms with Crippen molar-refractivity contribution in [3.05, 3.63) is 34.3 Å². The normalized spacial score (nSPS) is 15.6. The summed E-state index contributed by atoms with van der Waals surface area (Å²) in [6.45, 7) is 0.